The Balaban J connectivity index is 2.68. The molecule has 0 radical (unpaired) electrons. The van der Waals surface area contributed by atoms with Gasteiger partial charge < -0.3 is 20.1 Å². The first-order valence-electron chi connectivity index (χ1n) is 5.48. The smallest absolute Gasteiger partial charge is 0.408 e. The van der Waals surface area contributed by atoms with Gasteiger partial charge in [0.15, 0.2) is 0 Å². The molecule has 0 bridgehead atoms. The second kappa shape index (κ2) is 5.52. The van der Waals surface area contributed by atoms with Gasteiger partial charge in [0, 0.05) is 12.4 Å². The van der Waals surface area contributed by atoms with Crippen LogP contribution in [0, 0.1) is 0 Å². The molecule has 3 N–H and O–H groups in total. The van der Waals surface area contributed by atoms with Crippen LogP contribution in [0.3, 0.4) is 0 Å². The molecule has 0 fully saturated rings. The number of alkyl carbamates (subject to hydrolysis) is 1. The number of hydrogen-bond acceptors (Lipinski definition) is 4. The van der Waals surface area contributed by atoms with Crippen LogP contribution in [0.4, 0.5) is 4.79 Å². The van der Waals surface area contributed by atoms with Crippen molar-refractivity contribution >= 4 is 12.1 Å². The summed E-state index contributed by atoms with van der Waals surface area (Å²) in [5, 5.41) is 11.3. The molecule has 0 aliphatic heterocycles. The van der Waals surface area contributed by atoms with E-state index in [1.807, 2.05) is 0 Å². The number of aliphatic carboxylic acids is 1. The van der Waals surface area contributed by atoms with Gasteiger partial charge in [0.1, 0.15) is 17.5 Å². The van der Waals surface area contributed by atoms with Gasteiger partial charge in [0.05, 0.1) is 6.42 Å². The number of H-pyrrole nitrogens is 1. The maximum Gasteiger partial charge on any atom is 0.408 e. The molecule has 0 unspecified atom stereocenters. The molecule has 0 aliphatic carbocycles. The van der Waals surface area contributed by atoms with Gasteiger partial charge in [-0.1, -0.05) is 0 Å². The zero-order chi connectivity index (χ0) is 13.8. The fourth-order valence-electron chi connectivity index (χ4n) is 1.31. The largest absolute Gasteiger partial charge is 0.481 e. The molecule has 7 nitrogen and oxygen atoms in total. The zero-order valence-electron chi connectivity index (χ0n) is 10.6. The maximum atomic E-state index is 11.6. The summed E-state index contributed by atoms with van der Waals surface area (Å²) in [5.74, 6) is -0.657. The van der Waals surface area contributed by atoms with Crippen LogP contribution in [0.25, 0.3) is 0 Å². The topological polar surface area (TPSA) is 104 Å². The summed E-state index contributed by atoms with van der Waals surface area (Å²) in [4.78, 5) is 29.0. The number of carbonyl (C=O) groups is 2. The number of hydrogen-bond donors (Lipinski definition) is 3. The van der Waals surface area contributed by atoms with E-state index in [0.717, 1.165) is 0 Å². The molecule has 1 heterocycles. The average Bonchev–Trinajstić information content (AvgIpc) is 2.64. The lowest BCUT2D eigenvalue weighted by Gasteiger charge is -2.22. The van der Waals surface area contributed by atoms with Crippen molar-refractivity contribution in [3.63, 3.8) is 0 Å². The van der Waals surface area contributed by atoms with Gasteiger partial charge >= 0.3 is 12.1 Å². The van der Waals surface area contributed by atoms with Crippen LogP contribution < -0.4 is 5.32 Å². The lowest BCUT2D eigenvalue weighted by molar-refractivity contribution is -0.137. The van der Waals surface area contributed by atoms with E-state index in [0.29, 0.717) is 5.82 Å². The molecular formula is C11H17N3O4. The molecule has 1 rings (SSSR count). The normalized spacial score (nSPS) is 12.8. The first kappa shape index (κ1) is 14.0. The first-order valence-corrected chi connectivity index (χ1v) is 5.48. The van der Waals surface area contributed by atoms with Gasteiger partial charge in [-0.25, -0.2) is 9.78 Å². The highest BCUT2D eigenvalue weighted by Crippen LogP contribution is 2.14. The molecule has 0 saturated heterocycles. The summed E-state index contributed by atoms with van der Waals surface area (Å²) in [6.45, 7) is 5.18. The SMILES string of the molecule is CC(C)(C)OC(=O)N[C@H](CC(=O)O)c1ncc[nH]1. The molecule has 1 amide bonds. The Morgan fingerprint density at radius 3 is 2.67 bits per heavy atom. The fraction of sp³-hybridized carbons (Fsp3) is 0.545. The molecule has 0 aromatic carbocycles. The minimum absolute atomic E-state index is 0.271. The van der Waals surface area contributed by atoms with Crippen molar-refractivity contribution < 1.29 is 19.4 Å². The van der Waals surface area contributed by atoms with E-state index in [-0.39, 0.29) is 6.42 Å². The Bertz CT molecular complexity index is 408. The van der Waals surface area contributed by atoms with Crippen molar-refractivity contribution in [2.75, 3.05) is 0 Å². The van der Waals surface area contributed by atoms with E-state index in [1.54, 1.807) is 27.0 Å². The number of nitrogens with one attached hydrogen (secondary N) is 2. The lowest BCUT2D eigenvalue weighted by Crippen LogP contribution is -2.36. The van der Waals surface area contributed by atoms with Crippen molar-refractivity contribution in [3.8, 4) is 0 Å². The number of aromatic nitrogens is 2. The highest BCUT2D eigenvalue weighted by atomic mass is 16.6. The zero-order valence-corrected chi connectivity index (χ0v) is 10.6. The van der Waals surface area contributed by atoms with Gasteiger partial charge in [0.2, 0.25) is 0 Å². The molecule has 1 aromatic rings. The first-order chi connectivity index (χ1) is 8.28. The van der Waals surface area contributed by atoms with Crippen LogP contribution >= 0.6 is 0 Å². The number of amides is 1. The molecule has 1 atom stereocenters. The monoisotopic (exact) mass is 255 g/mol. The van der Waals surface area contributed by atoms with Gasteiger partial charge in [0.25, 0.3) is 0 Å². The Hall–Kier alpha value is -2.05. The molecule has 7 heteroatoms. The summed E-state index contributed by atoms with van der Waals surface area (Å²) in [7, 11) is 0. The van der Waals surface area contributed by atoms with Gasteiger partial charge in [-0.2, -0.15) is 0 Å². The highest BCUT2D eigenvalue weighted by Gasteiger charge is 2.23. The van der Waals surface area contributed by atoms with Crippen molar-refractivity contribution in [3.05, 3.63) is 18.2 Å². The van der Waals surface area contributed by atoms with Crippen molar-refractivity contribution in [1.82, 2.24) is 15.3 Å². The average molecular weight is 255 g/mol. The van der Waals surface area contributed by atoms with Crippen LogP contribution in [0.15, 0.2) is 12.4 Å². The third-order valence-corrected chi connectivity index (χ3v) is 1.92. The Morgan fingerprint density at radius 2 is 2.22 bits per heavy atom. The number of nitrogens with zero attached hydrogens (tertiary/aromatic N) is 1. The predicted molar refractivity (Wildman–Crippen MR) is 63.0 cm³/mol. The van der Waals surface area contributed by atoms with Gasteiger partial charge in [-0.15, -0.1) is 0 Å². The molecule has 0 spiro atoms. The van der Waals surface area contributed by atoms with Crippen LogP contribution in [0.2, 0.25) is 0 Å². The predicted octanol–water partition coefficient (Wildman–Crippen LogP) is 1.45. The van der Waals surface area contributed by atoms with Gasteiger partial charge in [-0.05, 0) is 20.8 Å². The molecule has 0 aliphatic rings. The lowest BCUT2D eigenvalue weighted by atomic mass is 10.2. The number of rotatable bonds is 4. The second-order valence-corrected chi connectivity index (χ2v) is 4.77. The van der Waals surface area contributed by atoms with Crippen LogP contribution in [-0.4, -0.2) is 32.7 Å². The van der Waals surface area contributed by atoms with E-state index in [9.17, 15) is 9.59 Å². The number of ether oxygens (including phenoxy) is 1. The van der Waals surface area contributed by atoms with E-state index < -0.39 is 23.7 Å². The number of carbonyl (C=O) groups excluding carboxylic acids is 1. The molecular weight excluding hydrogens is 238 g/mol. The summed E-state index contributed by atoms with van der Waals surface area (Å²) >= 11 is 0. The van der Waals surface area contributed by atoms with E-state index in [4.69, 9.17) is 9.84 Å². The van der Waals surface area contributed by atoms with E-state index >= 15 is 0 Å². The van der Waals surface area contributed by atoms with Gasteiger partial charge in [-0.3, -0.25) is 4.79 Å². The maximum absolute atomic E-state index is 11.6. The van der Waals surface area contributed by atoms with Crippen molar-refractivity contribution in [1.29, 1.82) is 0 Å². The quantitative estimate of drug-likeness (QED) is 0.755. The minimum Gasteiger partial charge on any atom is -0.481 e. The Kier molecular flexibility index (Phi) is 4.30. The minimum atomic E-state index is -1.03. The molecule has 100 valence electrons. The molecule has 1 aromatic heterocycles. The molecule has 0 saturated carbocycles. The van der Waals surface area contributed by atoms with Crippen LogP contribution in [0.5, 0.6) is 0 Å². The van der Waals surface area contributed by atoms with E-state index in [1.165, 1.54) is 6.20 Å². The Labute approximate surface area is 105 Å². The third-order valence-electron chi connectivity index (χ3n) is 1.92. The standard InChI is InChI=1S/C11H17N3O4/c1-11(2,3)18-10(17)14-7(6-8(15)16)9-12-4-5-13-9/h4-5,7H,6H2,1-3H3,(H,12,13)(H,14,17)(H,15,16)/t7-/m1/s1. The summed E-state index contributed by atoms with van der Waals surface area (Å²) < 4.78 is 5.06. The number of imidazole rings is 1. The summed E-state index contributed by atoms with van der Waals surface area (Å²) in [5.41, 5.74) is -0.638. The van der Waals surface area contributed by atoms with E-state index in [2.05, 4.69) is 15.3 Å². The fourth-order valence-corrected chi connectivity index (χ4v) is 1.31. The highest BCUT2D eigenvalue weighted by molar-refractivity contribution is 5.71. The summed E-state index contributed by atoms with van der Waals surface area (Å²) in [6.07, 6.45) is 2.10. The number of aromatic amines is 1. The number of carboxylic acids is 1. The number of carboxylic acid groups (broad SMARTS) is 1. The van der Waals surface area contributed by atoms with Crippen molar-refractivity contribution in [2.45, 2.75) is 38.8 Å². The van der Waals surface area contributed by atoms with Crippen LogP contribution in [0.1, 0.15) is 39.1 Å². The second-order valence-electron chi connectivity index (χ2n) is 4.77. The third kappa shape index (κ3) is 4.86. The summed E-state index contributed by atoms with van der Waals surface area (Å²) in [6, 6.07) is -0.743. The van der Waals surface area contributed by atoms with Crippen molar-refractivity contribution in [2.24, 2.45) is 0 Å². The Morgan fingerprint density at radius 1 is 1.56 bits per heavy atom. The van der Waals surface area contributed by atoms with Crippen LogP contribution in [-0.2, 0) is 9.53 Å². The molecule has 18 heavy (non-hydrogen) atoms.